The Kier molecular flexibility index (Phi) is 5.89. The van der Waals surface area contributed by atoms with Crippen LogP contribution in [0.3, 0.4) is 0 Å². The summed E-state index contributed by atoms with van der Waals surface area (Å²) in [5.74, 6) is 1.68. The van der Waals surface area contributed by atoms with Gasteiger partial charge in [-0.1, -0.05) is 107 Å². The first-order valence-electron chi connectivity index (χ1n) is 14.6. The molecule has 0 saturated carbocycles. The van der Waals surface area contributed by atoms with Gasteiger partial charge in [-0.05, 0) is 53.6 Å². The Labute approximate surface area is 266 Å². The number of nitrogens with zero attached hydrogens (tertiary/aromatic N) is 3. The highest BCUT2D eigenvalue weighted by Gasteiger charge is 2.20. The smallest absolute Gasteiger partial charge is 0.167 e. The molecule has 0 aliphatic rings. The molecule has 9 rings (SSSR count). The summed E-state index contributed by atoms with van der Waals surface area (Å²) in [5, 5.41) is 4.07. The lowest BCUT2D eigenvalue weighted by atomic mass is 10.0. The second-order valence-electron chi connectivity index (χ2n) is 11.0. The predicted molar refractivity (Wildman–Crippen MR) is 184 cm³/mol. The average Bonchev–Trinajstić information content (AvgIpc) is 3.67. The van der Waals surface area contributed by atoms with Crippen LogP contribution in [0.2, 0.25) is 0 Å². The normalized spacial score (nSPS) is 11.7. The van der Waals surface area contributed by atoms with E-state index in [0.717, 1.165) is 76.2 Å². The van der Waals surface area contributed by atoms with Crippen molar-refractivity contribution in [1.82, 2.24) is 15.0 Å². The lowest BCUT2D eigenvalue weighted by Crippen LogP contribution is -2.00. The van der Waals surface area contributed by atoms with Crippen molar-refractivity contribution in [3.8, 4) is 45.3 Å². The minimum Gasteiger partial charge on any atom is -0.456 e. The van der Waals surface area contributed by atoms with Gasteiger partial charge in [-0.25, -0.2) is 15.0 Å². The minimum atomic E-state index is 0.540. The summed E-state index contributed by atoms with van der Waals surface area (Å²) in [6, 6.07) is 44.9. The van der Waals surface area contributed by atoms with E-state index in [-0.39, 0.29) is 0 Å². The molecule has 0 aliphatic carbocycles. The lowest BCUT2D eigenvalue weighted by Gasteiger charge is -2.10. The van der Waals surface area contributed by atoms with Crippen LogP contribution in [0.5, 0.6) is 0 Å². The second-order valence-corrected chi connectivity index (χ2v) is 11.9. The van der Waals surface area contributed by atoms with Crippen LogP contribution in [0.15, 0.2) is 147 Å². The topological polar surface area (TPSA) is 65.0 Å². The number of halogens is 1. The molecule has 0 atom stereocenters. The van der Waals surface area contributed by atoms with Crippen LogP contribution in [-0.4, -0.2) is 15.0 Å². The molecule has 0 aliphatic heterocycles. The number of hydrogen-bond donors (Lipinski definition) is 0. The fraction of sp³-hybridized carbons (Fsp3) is 0. The molecular formula is C39H22BrN3O2. The van der Waals surface area contributed by atoms with Crippen molar-refractivity contribution in [2.75, 3.05) is 0 Å². The van der Waals surface area contributed by atoms with E-state index >= 15 is 0 Å². The van der Waals surface area contributed by atoms with Gasteiger partial charge in [0.1, 0.15) is 22.3 Å². The van der Waals surface area contributed by atoms with Gasteiger partial charge in [-0.15, -0.1) is 0 Å². The maximum absolute atomic E-state index is 6.41. The van der Waals surface area contributed by atoms with Crippen molar-refractivity contribution in [1.29, 1.82) is 0 Å². The first kappa shape index (κ1) is 25.9. The van der Waals surface area contributed by atoms with E-state index in [2.05, 4.69) is 58.4 Å². The quantitative estimate of drug-likeness (QED) is 0.191. The number of furan rings is 2. The molecule has 0 unspecified atom stereocenters. The van der Waals surface area contributed by atoms with Gasteiger partial charge >= 0.3 is 0 Å². The zero-order chi connectivity index (χ0) is 29.9. The first-order valence-corrected chi connectivity index (χ1v) is 15.4. The number of fused-ring (bicyclic) bond motifs is 6. The Bertz CT molecular complexity index is 2570. The van der Waals surface area contributed by atoms with Crippen LogP contribution < -0.4 is 0 Å². The van der Waals surface area contributed by atoms with Crippen LogP contribution in [0.4, 0.5) is 0 Å². The summed E-state index contributed by atoms with van der Waals surface area (Å²) in [7, 11) is 0. The fourth-order valence-corrected chi connectivity index (χ4v) is 6.37. The fourth-order valence-electron chi connectivity index (χ4n) is 6.11. The van der Waals surface area contributed by atoms with E-state index in [9.17, 15) is 0 Å². The number of hydrogen-bond acceptors (Lipinski definition) is 5. The van der Waals surface area contributed by atoms with Crippen molar-refractivity contribution >= 4 is 59.8 Å². The summed E-state index contributed by atoms with van der Waals surface area (Å²) >= 11 is 3.55. The van der Waals surface area contributed by atoms with Crippen molar-refractivity contribution in [3.63, 3.8) is 0 Å². The van der Waals surface area contributed by atoms with E-state index < -0.39 is 0 Å². The summed E-state index contributed by atoms with van der Waals surface area (Å²) in [5.41, 5.74) is 7.94. The summed E-state index contributed by atoms with van der Waals surface area (Å²) in [4.78, 5) is 15.3. The van der Waals surface area contributed by atoms with Crippen molar-refractivity contribution in [2.45, 2.75) is 0 Å². The van der Waals surface area contributed by atoms with Gasteiger partial charge in [0.15, 0.2) is 17.5 Å². The molecule has 3 aromatic heterocycles. The first-order chi connectivity index (χ1) is 22.2. The van der Waals surface area contributed by atoms with Crippen LogP contribution >= 0.6 is 15.9 Å². The zero-order valence-electron chi connectivity index (χ0n) is 23.7. The van der Waals surface area contributed by atoms with Gasteiger partial charge < -0.3 is 8.83 Å². The largest absolute Gasteiger partial charge is 0.456 e. The molecule has 6 heteroatoms. The van der Waals surface area contributed by atoms with Gasteiger partial charge in [0.2, 0.25) is 0 Å². The van der Waals surface area contributed by atoms with Crippen LogP contribution in [0.1, 0.15) is 0 Å². The molecule has 3 heterocycles. The molecule has 6 aromatic carbocycles. The molecule has 0 N–H and O–H groups in total. The van der Waals surface area contributed by atoms with Gasteiger partial charge in [0.25, 0.3) is 0 Å². The lowest BCUT2D eigenvalue weighted by molar-refractivity contribution is 0.668. The number of benzene rings is 6. The van der Waals surface area contributed by atoms with Gasteiger partial charge in [-0.3, -0.25) is 0 Å². The molecule has 0 saturated heterocycles. The Balaban J connectivity index is 1.31. The predicted octanol–water partition coefficient (Wildman–Crippen LogP) is 11.1. The van der Waals surface area contributed by atoms with Crippen molar-refractivity contribution in [3.05, 3.63) is 138 Å². The maximum atomic E-state index is 6.41. The molecule has 9 aromatic rings. The summed E-state index contributed by atoms with van der Waals surface area (Å²) < 4.78 is 13.7. The Morgan fingerprint density at radius 3 is 1.87 bits per heavy atom. The van der Waals surface area contributed by atoms with E-state index in [1.54, 1.807) is 0 Å². The molecule has 0 amide bonds. The molecular weight excluding hydrogens is 622 g/mol. The third kappa shape index (κ3) is 4.33. The van der Waals surface area contributed by atoms with Crippen molar-refractivity contribution < 1.29 is 8.83 Å². The average molecular weight is 645 g/mol. The van der Waals surface area contributed by atoms with Crippen LogP contribution in [0, 0.1) is 0 Å². The van der Waals surface area contributed by atoms with Gasteiger partial charge in [-0.2, -0.15) is 0 Å². The number of para-hydroxylation sites is 3. The van der Waals surface area contributed by atoms with E-state index in [0.29, 0.717) is 17.5 Å². The van der Waals surface area contributed by atoms with Gasteiger partial charge in [0, 0.05) is 37.1 Å². The van der Waals surface area contributed by atoms with Crippen LogP contribution in [-0.2, 0) is 0 Å². The highest BCUT2D eigenvalue weighted by atomic mass is 79.9. The third-order valence-electron chi connectivity index (χ3n) is 8.22. The Morgan fingerprint density at radius 1 is 0.422 bits per heavy atom. The minimum absolute atomic E-state index is 0.540. The maximum Gasteiger partial charge on any atom is 0.167 e. The highest BCUT2D eigenvalue weighted by molar-refractivity contribution is 9.10. The Hall–Kier alpha value is -5.59. The highest BCUT2D eigenvalue weighted by Crippen LogP contribution is 2.39. The van der Waals surface area contributed by atoms with Gasteiger partial charge in [0.05, 0.1) is 5.56 Å². The second kappa shape index (κ2) is 10.3. The monoisotopic (exact) mass is 643 g/mol. The molecule has 45 heavy (non-hydrogen) atoms. The standard InChI is InChI=1S/C39H22BrN3O2/c40-26-20-18-23(19-21-26)24-8-5-9-25(22-24)37-41-38(30-13-7-17-34-35(30)29-11-2-4-16-33(29)44-34)43-39(42-37)31-14-6-12-28-27-10-1-3-15-32(27)45-36(28)31/h1-22H. The summed E-state index contributed by atoms with van der Waals surface area (Å²) in [6.07, 6.45) is 0. The molecule has 0 bridgehead atoms. The molecule has 212 valence electrons. The molecule has 5 nitrogen and oxygen atoms in total. The molecule has 0 fully saturated rings. The summed E-state index contributed by atoms with van der Waals surface area (Å²) in [6.45, 7) is 0. The zero-order valence-corrected chi connectivity index (χ0v) is 25.3. The number of aromatic nitrogens is 3. The van der Waals surface area contributed by atoms with Crippen LogP contribution in [0.25, 0.3) is 89.2 Å². The molecule has 0 spiro atoms. The number of rotatable bonds is 4. The van der Waals surface area contributed by atoms with E-state index in [1.807, 2.05) is 91.0 Å². The van der Waals surface area contributed by atoms with Crippen molar-refractivity contribution in [2.24, 2.45) is 0 Å². The Morgan fingerprint density at radius 2 is 1.02 bits per heavy atom. The third-order valence-corrected chi connectivity index (χ3v) is 8.75. The molecule has 0 radical (unpaired) electrons. The van der Waals surface area contributed by atoms with E-state index in [4.69, 9.17) is 23.8 Å². The van der Waals surface area contributed by atoms with E-state index in [1.165, 1.54) is 0 Å². The SMILES string of the molecule is Brc1ccc(-c2cccc(-c3nc(-c4cccc5c4oc4ccccc45)nc(-c4cccc5oc6ccccc6c45)n3)c2)cc1.